The van der Waals surface area contributed by atoms with Crippen LogP contribution in [0.4, 0.5) is 11.5 Å². The summed E-state index contributed by atoms with van der Waals surface area (Å²) in [6.07, 6.45) is 20.3. The number of carbonyl (C=O) groups is 1. The number of aromatic nitrogens is 2. The Balaban J connectivity index is 1.62. The lowest BCUT2D eigenvalue weighted by molar-refractivity contribution is -0.116. The van der Waals surface area contributed by atoms with Crippen molar-refractivity contribution < 1.29 is 13.2 Å². The quantitative estimate of drug-likeness (QED) is 0.160. The maximum atomic E-state index is 12.6. The molecule has 208 valence electrons. The zero-order valence-corrected chi connectivity index (χ0v) is 23.8. The van der Waals surface area contributed by atoms with Gasteiger partial charge in [-0.25, -0.2) is 13.1 Å². The Bertz CT molecular complexity index is 1000. The van der Waals surface area contributed by atoms with E-state index in [0.717, 1.165) is 19.3 Å². The molecule has 0 fully saturated rings. The largest absolute Gasteiger partial charge is 0.309 e. The van der Waals surface area contributed by atoms with E-state index < -0.39 is 10.0 Å². The second-order valence-corrected chi connectivity index (χ2v) is 11.9. The van der Waals surface area contributed by atoms with Crippen LogP contribution in [0.2, 0.25) is 0 Å². The van der Waals surface area contributed by atoms with Crippen LogP contribution in [0, 0.1) is 0 Å². The van der Waals surface area contributed by atoms with Crippen molar-refractivity contribution in [2.45, 2.75) is 117 Å². The van der Waals surface area contributed by atoms with E-state index in [2.05, 4.69) is 22.1 Å². The smallest absolute Gasteiger partial charge is 0.232 e. The van der Waals surface area contributed by atoms with Gasteiger partial charge in [0.2, 0.25) is 15.9 Å². The molecule has 0 aliphatic heterocycles. The number of rotatable bonds is 21. The van der Waals surface area contributed by atoms with Gasteiger partial charge in [0.15, 0.2) is 5.82 Å². The molecule has 2 aromatic rings. The molecule has 2 N–H and O–H groups in total. The van der Waals surface area contributed by atoms with Crippen molar-refractivity contribution in [3.8, 4) is 5.69 Å². The lowest BCUT2D eigenvalue weighted by atomic mass is 10.0. The summed E-state index contributed by atoms with van der Waals surface area (Å²) in [6.45, 7) is 4.21. The van der Waals surface area contributed by atoms with Crippen molar-refractivity contribution >= 4 is 27.4 Å². The first-order chi connectivity index (χ1) is 17.9. The van der Waals surface area contributed by atoms with Crippen LogP contribution in [0.15, 0.2) is 36.5 Å². The van der Waals surface area contributed by atoms with Crippen molar-refractivity contribution in [2.75, 3.05) is 15.8 Å². The van der Waals surface area contributed by atoms with Gasteiger partial charge in [-0.05, 0) is 31.0 Å². The molecule has 1 amide bonds. The highest BCUT2D eigenvalue weighted by molar-refractivity contribution is 7.92. The van der Waals surface area contributed by atoms with Gasteiger partial charge >= 0.3 is 0 Å². The van der Waals surface area contributed by atoms with Crippen LogP contribution in [-0.4, -0.2) is 29.9 Å². The van der Waals surface area contributed by atoms with E-state index in [9.17, 15) is 13.2 Å². The zero-order chi connectivity index (χ0) is 26.8. The van der Waals surface area contributed by atoms with Gasteiger partial charge in [-0.15, -0.1) is 0 Å². The van der Waals surface area contributed by atoms with E-state index in [1.807, 2.05) is 13.0 Å². The Kier molecular flexibility index (Phi) is 15.0. The molecule has 0 atom stereocenters. The average Bonchev–Trinajstić information content (AvgIpc) is 3.32. The Morgan fingerprint density at radius 2 is 1.41 bits per heavy atom. The second-order valence-electron chi connectivity index (χ2n) is 10.0. The molecule has 0 bridgehead atoms. The second kappa shape index (κ2) is 18.0. The molecule has 2 rings (SSSR count). The Hall–Kier alpha value is -2.35. The summed E-state index contributed by atoms with van der Waals surface area (Å²) in [6, 6.07) is 8.83. The first-order valence-electron chi connectivity index (χ1n) is 14.4. The molecule has 0 saturated carbocycles. The van der Waals surface area contributed by atoms with Crippen LogP contribution in [0.25, 0.3) is 5.69 Å². The standard InChI is InChI=1S/C29H48N4O3S/c1-3-5-6-7-8-9-10-11-12-13-14-15-16-17-24-37(35,36)32-26-20-18-21-27(25-26)33-23-22-28(31-33)30-29(34)19-4-2/h18,20-23,25,32H,3-17,19,24H2,1-2H3,(H,30,31,34). The van der Waals surface area contributed by atoms with Crippen molar-refractivity contribution in [3.05, 3.63) is 36.5 Å². The van der Waals surface area contributed by atoms with Crippen LogP contribution >= 0.6 is 0 Å². The van der Waals surface area contributed by atoms with Gasteiger partial charge in [-0.3, -0.25) is 9.52 Å². The summed E-state index contributed by atoms with van der Waals surface area (Å²) in [5, 5.41) is 7.13. The number of sulfonamides is 1. The number of hydrogen-bond donors (Lipinski definition) is 2. The number of amides is 1. The summed E-state index contributed by atoms with van der Waals surface area (Å²) >= 11 is 0. The molecule has 0 aliphatic rings. The molecule has 0 saturated heterocycles. The summed E-state index contributed by atoms with van der Waals surface area (Å²) in [5.74, 6) is 0.532. The fraction of sp³-hybridized carbons (Fsp3) is 0.655. The normalized spacial score (nSPS) is 11.5. The van der Waals surface area contributed by atoms with Gasteiger partial charge in [0.05, 0.1) is 17.1 Å². The van der Waals surface area contributed by atoms with Crippen molar-refractivity contribution in [1.82, 2.24) is 9.78 Å². The first kappa shape index (κ1) is 30.9. The lowest BCUT2D eigenvalue weighted by Gasteiger charge is -2.10. The van der Waals surface area contributed by atoms with E-state index in [1.54, 1.807) is 35.1 Å². The molecule has 1 aromatic heterocycles. The van der Waals surface area contributed by atoms with Gasteiger partial charge in [0.1, 0.15) is 0 Å². The monoisotopic (exact) mass is 532 g/mol. The zero-order valence-electron chi connectivity index (χ0n) is 23.0. The van der Waals surface area contributed by atoms with Crippen LogP contribution < -0.4 is 10.0 Å². The molecular weight excluding hydrogens is 484 g/mol. The average molecular weight is 533 g/mol. The van der Waals surface area contributed by atoms with Crippen LogP contribution in [-0.2, 0) is 14.8 Å². The van der Waals surface area contributed by atoms with Crippen molar-refractivity contribution in [3.63, 3.8) is 0 Å². The van der Waals surface area contributed by atoms with Crippen molar-refractivity contribution in [2.24, 2.45) is 0 Å². The Morgan fingerprint density at radius 3 is 2.00 bits per heavy atom. The fourth-order valence-corrected chi connectivity index (χ4v) is 5.57. The minimum atomic E-state index is -3.40. The molecule has 37 heavy (non-hydrogen) atoms. The summed E-state index contributed by atoms with van der Waals surface area (Å²) in [5.41, 5.74) is 1.22. The van der Waals surface area contributed by atoms with Gasteiger partial charge in [-0.1, -0.05) is 103 Å². The minimum Gasteiger partial charge on any atom is -0.309 e. The van der Waals surface area contributed by atoms with Crippen LogP contribution in [0.3, 0.4) is 0 Å². The summed E-state index contributed by atoms with van der Waals surface area (Å²) < 4.78 is 29.5. The summed E-state index contributed by atoms with van der Waals surface area (Å²) in [4.78, 5) is 11.8. The maximum Gasteiger partial charge on any atom is 0.232 e. The Morgan fingerprint density at radius 1 is 0.811 bits per heavy atom. The number of anilines is 2. The molecule has 0 unspecified atom stereocenters. The molecule has 0 aliphatic carbocycles. The van der Waals surface area contributed by atoms with E-state index in [1.165, 1.54) is 70.6 Å². The maximum absolute atomic E-state index is 12.6. The molecule has 7 nitrogen and oxygen atoms in total. The topological polar surface area (TPSA) is 93.1 Å². The molecule has 0 radical (unpaired) electrons. The number of nitrogens with one attached hydrogen (secondary N) is 2. The van der Waals surface area contributed by atoms with E-state index in [0.29, 0.717) is 30.0 Å². The van der Waals surface area contributed by atoms with E-state index in [-0.39, 0.29) is 11.7 Å². The molecule has 1 aromatic carbocycles. The fourth-order valence-electron chi connectivity index (χ4n) is 4.40. The predicted octanol–water partition coefficient (Wildman–Crippen LogP) is 7.83. The van der Waals surface area contributed by atoms with Crippen LogP contribution in [0.5, 0.6) is 0 Å². The third kappa shape index (κ3) is 13.7. The highest BCUT2D eigenvalue weighted by atomic mass is 32.2. The number of unbranched alkanes of at least 4 members (excludes halogenated alkanes) is 13. The third-order valence-corrected chi connectivity index (χ3v) is 7.86. The van der Waals surface area contributed by atoms with Gasteiger partial charge in [0.25, 0.3) is 0 Å². The molecule has 8 heteroatoms. The van der Waals surface area contributed by atoms with E-state index in [4.69, 9.17) is 0 Å². The van der Waals surface area contributed by atoms with E-state index >= 15 is 0 Å². The highest BCUT2D eigenvalue weighted by Crippen LogP contribution is 2.18. The Labute approximate surface area is 224 Å². The first-order valence-corrected chi connectivity index (χ1v) is 16.0. The highest BCUT2D eigenvalue weighted by Gasteiger charge is 2.11. The number of benzene rings is 1. The summed E-state index contributed by atoms with van der Waals surface area (Å²) in [7, 11) is -3.40. The minimum absolute atomic E-state index is 0.0715. The van der Waals surface area contributed by atoms with Crippen molar-refractivity contribution in [1.29, 1.82) is 0 Å². The SMILES string of the molecule is CCCCCCCCCCCCCCCCS(=O)(=O)Nc1cccc(-n2ccc(NC(=O)CCC)n2)c1. The van der Waals surface area contributed by atoms with Crippen LogP contribution in [0.1, 0.15) is 117 Å². The third-order valence-electron chi connectivity index (χ3n) is 6.48. The number of carbonyl (C=O) groups excluding carboxylic acids is 1. The lowest BCUT2D eigenvalue weighted by Crippen LogP contribution is -2.16. The van der Waals surface area contributed by atoms with Gasteiger partial charge in [0, 0.05) is 18.7 Å². The van der Waals surface area contributed by atoms with Gasteiger partial charge in [-0.2, -0.15) is 5.10 Å². The number of nitrogens with zero attached hydrogens (tertiary/aromatic N) is 2. The predicted molar refractivity (Wildman–Crippen MR) is 155 cm³/mol. The number of hydrogen-bond acceptors (Lipinski definition) is 4. The van der Waals surface area contributed by atoms with Gasteiger partial charge < -0.3 is 5.32 Å². The molecule has 0 spiro atoms. The molecular formula is C29H48N4O3S. The molecule has 1 heterocycles.